The molecule has 0 aliphatic carbocycles. The van der Waals surface area contributed by atoms with Crippen LogP contribution < -0.4 is 5.32 Å². The summed E-state index contributed by atoms with van der Waals surface area (Å²) < 4.78 is 11.5. The summed E-state index contributed by atoms with van der Waals surface area (Å²) in [4.78, 5) is 37.3. The SMILES string of the molecule is COC(=O)c1cc(-c2ccc(/C=C3/SC(O)=[N+](CC(=O)Nc4cccc(C)c4)C3=O)o2)ccc1Cl. The van der Waals surface area contributed by atoms with E-state index < -0.39 is 17.8 Å². The summed E-state index contributed by atoms with van der Waals surface area (Å²) in [7, 11) is 1.26. The van der Waals surface area contributed by atoms with Crippen LogP contribution in [0.25, 0.3) is 17.4 Å². The van der Waals surface area contributed by atoms with Gasteiger partial charge in [0.05, 0.1) is 17.7 Å². The van der Waals surface area contributed by atoms with Gasteiger partial charge in [0.1, 0.15) is 16.4 Å². The lowest BCUT2D eigenvalue weighted by Gasteiger charge is -2.04. The molecule has 0 fully saturated rings. The second kappa shape index (κ2) is 10.2. The van der Waals surface area contributed by atoms with E-state index in [0.717, 1.165) is 21.9 Å². The van der Waals surface area contributed by atoms with Gasteiger partial charge in [-0.25, -0.2) is 9.59 Å². The zero-order valence-corrected chi connectivity index (χ0v) is 20.3. The van der Waals surface area contributed by atoms with E-state index in [-0.39, 0.29) is 27.3 Å². The number of hydrogen-bond donors (Lipinski definition) is 2. The van der Waals surface area contributed by atoms with E-state index in [1.807, 2.05) is 19.1 Å². The number of esters is 1. The van der Waals surface area contributed by atoms with Crippen molar-refractivity contribution < 1.29 is 33.2 Å². The summed E-state index contributed by atoms with van der Waals surface area (Å²) in [6.07, 6.45) is 1.47. The van der Waals surface area contributed by atoms with E-state index in [2.05, 4.69) is 5.32 Å². The Hall–Kier alpha value is -3.82. The number of carbonyl (C=O) groups excluding carboxylic acids is 3. The number of carbonyl (C=O) groups is 3. The van der Waals surface area contributed by atoms with Crippen molar-refractivity contribution >= 4 is 58.1 Å². The maximum Gasteiger partial charge on any atom is 0.430 e. The summed E-state index contributed by atoms with van der Waals surface area (Å²) in [5.41, 5.74) is 2.37. The minimum Gasteiger partial charge on any atom is -0.465 e. The first kappa shape index (κ1) is 24.3. The van der Waals surface area contributed by atoms with Gasteiger partial charge >= 0.3 is 17.1 Å². The number of anilines is 1. The number of thioether (sulfide) groups is 1. The Morgan fingerprint density at radius 1 is 1.20 bits per heavy atom. The van der Waals surface area contributed by atoms with Crippen molar-refractivity contribution in [2.75, 3.05) is 19.0 Å². The number of aliphatic hydroxyl groups excluding tert-OH is 1. The fraction of sp³-hybridized carbons (Fsp3) is 0.120. The molecule has 0 saturated heterocycles. The molecule has 2 heterocycles. The quantitative estimate of drug-likeness (QED) is 0.276. The molecular formula is C25H20ClN2O6S+. The Morgan fingerprint density at radius 3 is 2.74 bits per heavy atom. The van der Waals surface area contributed by atoms with Crippen LogP contribution in [-0.2, 0) is 14.3 Å². The highest BCUT2D eigenvalue weighted by Gasteiger charge is 2.39. The Balaban J connectivity index is 1.48. The van der Waals surface area contributed by atoms with Gasteiger partial charge in [-0.15, -0.1) is 4.58 Å². The van der Waals surface area contributed by atoms with Gasteiger partial charge in [-0.2, -0.15) is 0 Å². The molecule has 178 valence electrons. The van der Waals surface area contributed by atoms with Crippen LogP contribution in [0.15, 0.2) is 63.9 Å². The molecular weight excluding hydrogens is 492 g/mol. The maximum atomic E-state index is 12.8. The number of nitrogens with one attached hydrogen (secondary N) is 1. The third-order valence-electron chi connectivity index (χ3n) is 5.05. The summed E-state index contributed by atoms with van der Waals surface area (Å²) in [6.45, 7) is 1.56. The van der Waals surface area contributed by atoms with E-state index in [0.29, 0.717) is 22.8 Å². The fourth-order valence-corrected chi connectivity index (χ4v) is 4.40. The first-order valence-corrected chi connectivity index (χ1v) is 11.6. The van der Waals surface area contributed by atoms with Crippen LogP contribution in [0.5, 0.6) is 0 Å². The lowest BCUT2D eigenvalue weighted by Crippen LogP contribution is -2.30. The predicted octanol–water partition coefficient (Wildman–Crippen LogP) is 4.87. The number of hydrogen-bond acceptors (Lipinski definition) is 6. The van der Waals surface area contributed by atoms with Gasteiger partial charge in [0.2, 0.25) is 6.54 Å². The van der Waals surface area contributed by atoms with Crippen LogP contribution in [-0.4, -0.2) is 46.4 Å². The van der Waals surface area contributed by atoms with Crippen molar-refractivity contribution in [2.24, 2.45) is 0 Å². The summed E-state index contributed by atoms with van der Waals surface area (Å²) in [5, 5.41) is 12.9. The summed E-state index contributed by atoms with van der Waals surface area (Å²) >= 11 is 6.90. The van der Waals surface area contributed by atoms with Gasteiger partial charge in [-0.3, -0.25) is 4.79 Å². The van der Waals surface area contributed by atoms with Gasteiger partial charge in [0.25, 0.3) is 5.91 Å². The van der Waals surface area contributed by atoms with Gasteiger partial charge in [0.15, 0.2) is 0 Å². The highest BCUT2D eigenvalue weighted by Crippen LogP contribution is 2.31. The third-order valence-corrected chi connectivity index (χ3v) is 6.29. The second-order valence-corrected chi connectivity index (χ2v) is 9.01. The number of benzene rings is 2. The fourth-order valence-electron chi connectivity index (χ4n) is 3.37. The van der Waals surface area contributed by atoms with Gasteiger partial charge in [0, 0.05) is 29.1 Å². The molecule has 3 aromatic rings. The van der Waals surface area contributed by atoms with Crippen molar-refractivity contribution in [3.63, 3.8) is 0 Å². The minimum atomic E-state index is -0.573. The molecule has 35 heavy (non-hydrogen) atoms. The molecule has 0 unspecified atom stereocenters. The summed E-state index contributed by atoms with van der Waals surface area (Å²) in [5.74, 6) is -0.747. The highest BCUT2D eigenvalue weighted by molar-refractivity contribution is 8.17. The van der Waals surface area contributed by atoms with Crippen molar-refractivity contribution in [3.8, 4) is 11.3 Å². The van der Waals surface area contributed by atoms with E-state index in [1.54, 1.807) is 42.5 Å². The lowest BCUT2D eigenvalue weighted by atomic mass is 10.1. The number of furan rings is 1. The molecule has 0 bridgehead atoms. The van der Waals surface area contributed by atoms with E-state index in [1.165, 1.54) is 13.2 Å². The topological polar surface area (TPSA) is 109 Å². The summed E-state index contributed by atoms with van der Waals surface area (Å²) in [6, 6.07) is 15.4. The molecule has 1 aliphatic rings. The molecule has 0 radical (unpaired) electrons. The van der Waals surface area contributed by atoms with E-state index in [4.69, 9.17) is 20.8 Å². The van der Waals surface area contributed by atoms with Crippen LogP contribution in [0.4, 0.5) is 5.69 Å². The Bertz CT molecular complexity index is 1410. The first-order valence-electron chi connectivity index (χ1n) is 10.4. The molecule has 10 heteroatoms. The molecule has 0 spiro atoms. The average Bonchev–Trinajstić information content (AvgIpc) is 3.39. The number of methoxy groups -OCH3 is 1. The normalized spacial score (nSPS) is 14.5. The number of ether oxygens (including phenoxy) is 1. The number of aryl methyl sites for hydroxylation is 1. The zero-order chi connectivity index (χ0) is 25.1. The molecule has 2 aromatic carbocycles. The van der Waals surface area contributed by atoms with Gasteiger partial charge < -0.3 is 19.6 Å². The predicted molar refractivity (Wildman–Crippen MR) is 134 cm³/mol. The molecule has 4 rings (SSSR count). The third kappa shape index (κ3) is 5.47. The van der Waals surface area contributed by atoms with Gasteiger partial charge in [-0.1, -0.05) is 23.7 Å². The molecule has 0 atom stereocenters. The number of amides is 2. The molecule has 1 aliphatic heterocycles. The largest absolute Gasteiger partial charge is 0.465 e. The molecule has 8 nitrogen and oxygen atoms in total. The monoisotopic (exact) mass is 511 g/mol. The molecule has 0 saturated carbocycles. The van der Waals surface area contributed by atoms with Crippen LogP contribution >= 0.6 is 23.4 Å². The van der Waals surface area contributed by atoms with Gasteiger partial charge in [-0.05, 0) is 55.0 Å². The average molecular weight is 512 g/mol. The zero-order valence-electron chi connectivity index (χ0n) is 18.7. The number of aliphatic hydroxyl groups is 1. The van der Waals surface area contributed by atoms with Crippen LogP contribution in [0.2, 0.25) is 5.02 Å². The maximum absolute atomic E-state index is 12.8. The van der Waals surface area contributed by atoms with Crippen LogP contribution in [0.1, 0.15) is 21.7 Å². The molecule has 1 aromatic heterocycles. The smallest absolute Gasteiger partial charge is 0.430 e. The number of nitrogens with zero attached hydrogens (tertiary/aromatic N) is 1. The Labute approximate surface area is 209 Å². The lowest BCUT2D eigenvalue weighted by molar-refractivity contribution is -0.436. The number of rotatable bonds is 6. The standard InChI is InChI=1S/C25H19ClN2O6S/c1-14-4-3-5-16(10-14)27-22(29)13-28-23(30)21(35-25(28)32)12-17-7-9-20(34-17)15-6-8-19(26)18(11-15)24(31)33-2/h3-12H,13H2,1-2H3,(H,27,29)/p+1/b21-12+. The van der Waals surface area contributed by atoms with Crippen LogP contribution in [0.3, 0.4) is 0 Å². The second-order valence-electron chi connectivity index (χ2n) is 7.59. The van der Waals surface area contributed by atoms with Crippen molar-refractivity contribution in [2.45, 2.75) is 6.92 Å². The number of halogens is 1. The molecule has 2 amide bonds. The van der Waals surface area contributed by atoms with Crippen molar-refractivity contribution in [1.29, 1.82) is 0 Å². The highest BCUT2D eigenvalue weighted by atomic mass is 35.5. The molecule has 2 N–H and O–H groups in total. The van der Waals surface area contributed by atoms with Crippen LogP contribution in [0, 0.1) is 6.92 Å². The van der Waals surface area contributed by atoms with E-state index in [9.17, 15) is 19.5 Å². The van der Waals surface area contributed by atoms with Crippen molar-refractivity contribution in [3.05, 3.63) is 81.4 Å². The van der Waals surface area contributed by atoms with Crippen molar-refractivity contribution in [1.82, 2.24) is 0 Å². The Kier molecular flexibility index (Phi) is 7.09. The Morgan fingerprint density at radius 2 is 2.00 bits per heavy atom. The first-order chi connectivity index (χ1) is 16.7. The van der Waals surface area contributed by atoms with E-state index >= 15 is 0 Å². The minimum absolute atomic E-state index is 0.193.